The zero-order valence-corrected chi connectivity index (χ0v) is 8.20. The third-order valence-corrected chi connectivity index (χ3v) is 2.65. The Bertz CT molecular complexity index is 677. The van der Waals surface area contributed by atoms with Crippen molar-refractivity contribution >= 4 is 11.4 Å². The van der Waals surface area contributed by atoms with Crippen LogP contribution in [0.4, 0.5) is 5.69 Å². The van der Waals surface area contributed by atoms with Crippen molar-refractivity contribution in [1.82, 2.24) is 0 Å². The summed E-state index contributed by atoms with van der Waals surface area (Å²) < 4.78 is 0. The van der Waals surface area contributed by atoms with E-state index in [9.17, 15) is 0 Å². The zero-order valence-electron chi connectivity index (χ0n) is 8.20. The third-order valence-electron chi connectivity index (χ3n) is 2.65. The van der Waals surface area contributed by atoms with Gasteiger partial charge in [-0.1, -0.05) is 36.9 Å². The van der Waals surface area contributed by atoms with Crippen LogP contribution in [0.1, 0.15) is 0 Å². The zero-order chi connectivity index (χ0) is 10.3. The highest BCUT2D eigenvalue weighted by atomic mass is 14.8. The van der Waals surface area contributed by atoms with Crippen molar-refractivity contribution in [1.29, 1.82) is 0 Å². The average molecular weight is 191 g/mol. The molecular weight excluding hydrogens is 182 g/mol. The standard InChI is InChI=1S/C14H9N/c1-2-10-6-5-8-12-11-7-3-4-9-13(11)15-14(10)12/h3-9H,1H2. The second kappa shape index (κ2) is 2.94. The van der Waals surface area contributed by atoms with Crippen LogP contribution in [0, 0.1) is 0 Å². The number of hydrogen-bond acceptors (Lipinski definition) is 1. The summed E-state index contributed by atoms with van der Waals surface area (Å²) in [5.41, 5.74) is 6.33. The molecule has 0 bridgehead atoms. The number of hydrogen-bond donors (Lipinski definition) is 0. The number of benzene rings is 2. The number of nitrogens with zero attached hydrogens (tertiary/aromatic N) is 1. The van der Waals surface area contributed by atoms with Gasteiger partial charge in [-0.15, -0.1) is 5.73 Å². The number of fused-ring (bicyclic) bond motifs is 3. The Labute approximate surface area is 87.7 Å². The van der Waals surface area contributed by atoms with E-state index in [4.69, 9.17) is 0 Å². The first-order valence-corrected chi connectivity index (χ1v) is 4.87. The molecule has 1 heterocycles. The molecule has 0 aromatic heterocycles. The first-order chi connectivity index (χ1) is 7.40. The predicted octanol–water partition coefficient (Wildman–Crippen LogP) is 2.18. The van der Waals surface area contributed by atoms with Crippen LogP contribution in [0.3, 0.4) is 0 Å². The van der Waals surface area contributed by atoms with Crippen molar-refractivity contribution in [2.45, 2.75) is 0 Å². The Morgan fingerprint density at radius 3 is 2.60 bits per heavy atom. The van der Waals surface area contributed by atoms with Crippen LogP contribution < -0.4 is 10.6 Å². The minimum absolute atomic E-state index is 0.976. The second-order valence-electron chi connectivity index (χ2n) is 3.51. The van der Waals surface area contributed by atoms with Crippen molar-refractivity contribution < 1.29 is 0 Å². The predicted molar refractivity (Wildman–Crippen MR) is 61.4 cm³/mol. The first-order valence-electron chi connectivity index (χ1n) is 4.87. The summed E-state index contributed by atoms with van der Waals surface area (Å²) in [6.07, 6.45) is 0. The molecule has 1 aliphatic rings. The van der Waals surface area contributed by atoms with Crippen molar-refractivity contribution in [3.63, 3.8) is 0 Å². The van der Waals surface area contributed by atoms with E-state index in [2.05, 4.69) is 29.4 Å². The van der Waals surface area contributed by atoms with Crippen molar-refractivity contribution in [3.05, 3.63) is 59.6 Å². The molecule has 0 unspecified atom stereocenters. The molecule has 1 nitrogen and oxygen atoms in total. The fourth-order valence-electron chi connectivity index (χ4n) is 1.94. The van der Waals surface area contributed by atoms with Crippen LogP contribution in [-0.4, -0.2) is 0 Å². The van der Waals surface area contributed by atoms with E-state index in [1.54, 1.807) is 0 Å². The molecule has 2 aromatic rings. The molecule has 0 N–H and O–H groups in total. The minimum Gasteiger partial charge on any atom is -0.246 e. The van der Waals surface area contributed by atoms with Gasteiger partial charge in [-0.05, 0) is 12.1 Å². The highest BCUT2D eigenvalue weighted by Crippen LogP contribution is 2.30. The normalized spacial score (nSPS) is 11.2. The average Bonchev–Trinajstić information content (AvgIpc) is 2.67. The second-order valence-corrected chi connectivity index (χ2v) is 3.51. The maximum atomic E-state index is 4.58. The van der Waals surface area contributed by atoms with Gasteiger partial charge in [0.05, 0.1) is 11.0 Å². The molecule has 0 aliphatic carbocycles. The van der Waals surface area contributed by atoms with Gasteiger partial charge in [0.15, 0.2) is 0 Å². The monoisotopic (exact) mass is 191 g/mol. The highest BCUT2D eigenvalue weighted by molar-refractivity contribution is 5.79. The quantitative estimate of drug-likeness (QED) is 0.516. The van der Waals surface area contributed by atoms with Crippen molar-refractivity contribution in [3.8, 4) is 11.1 Å². The van der Waals surface area contributed by atoms with E-state index in [0.29, 0.717) is 0 Å². The van der Waals surface area contributed by atoms with Gasteiger partial charge < -0.3 is 0 Å². The number of para-hydroxylation sites is 2. The van der Waals surface area contributed by atoms with E-state index in [0.717, 1.165) is 16.3 Å². The molecule has 15 heavy (non-hydrogen) atoms. The summed E-state index contributed by atoms with van der Waals surface area (Å²) in [4.78, 5) is 4.58. The summed E-state index contributed by atoms with van der Waals surface area (Å²) >= 11 is 0. The Morgan fingerprint density at radius 1 is 0.933 bits per heavy atom. The molecule has 0 radical (unpaired) electrons. The fraction of sp³-hybridized carbons (Fsp3) is 0. The summed E-state index contributed by atoms with van der Waals surface area (Å²) in [6.45, 7) is 3.69. The highest BCUT2D eigenvalue weighted by Gasteiger charge is 2.12. The lowest BCUT2D eigenvalue weighted by Gasteiger charge is -1.96. The van der Waals surface area contributed by atoms with E-state index in [-0.39, 0.29) is 0 Å². The Kier molecular flexibility index (Phi) is 1.61. The van der Waals surface area contributed by atoms with Crippen molar-refractivity contribution in [2.24, 2.45) is 4.99 Å². The van der Waals surface area contributed by atoms with Gasteiger partial charge in [0.1, 0.15) is 0 Å². The van der Waals surface area contributed by atoms with E-state index in [1.165, 1.54) is 11.1 Å². The van der Waals surface area contributed by atoms with Crippen LogP contribution in [0.5, 0.6) is 0 Å². The van der Waals surface area contributed by atoms with Crippen LogP contribution in [-0.2, 0) is 0 Å². The maximum Gasteiger partial charge on any atom is 0.0865 e. The molecule has 0 saturated heterocycles. The molecular formula is C14H9N. The molecule has 70 valence electrons. The molecule has 0 atom stereocenters. The van der Waals surface area contributed by atoms with Gasteiger partial charge in [-0.3, -0.25) is 0 Å². The number of rotatable bonds is 0. The molecule has 0 spiro atoms. The van der Waals surface area contributed by atoms with Gasteiger partial charge >= 0.3 is 0 Å². The molecule has 1 heteroatoms. The maximum absolute atomic E-state index is 4.58. The molecule has 2 aromatic carbocycles. The largest absolute Gasteiger partial charge is 0.246 e. The van der Waals surface area contributed by atoms with Gasteiger partial charge in [0, 0.05) is 16.3 Å². The minimum atomic E-state index is 0.976. The lowest BCUT2D eigenvalue weighted by Crippen LogP contribution is -2.23. The Hall–Kier alpha value is -2.11. The fourth-order valence-corrected chi connectivity index (χ4v) is 1.94. The molecule has 0 amide bonds. The summed E-state index contributed by atoms with van der Waals surface area (Å²) in [5, 5.41) is 1.97. The topological polar surface area (TPSA) is 12.4 Å². The van der Waals surface area contributed by atoms with Gasteiger partial charge in [0.25, 0.3) is 0 Å². The van der Waals surface area contributed by atoms with Crippen LogP contribution >= 0.6 is 0 Å². The van der Waals surface area contributed by atoms with Crippen LogP contribution in [0.2, 0.25) is 0 Å². The first kappa shape index (κ1) is 8.22. The van der Waals surface area contributed by atoms with Crippen LogP contribution in [0.25, 0.3) is 16.9 Å². The lowest BCUT2D eigenvalue weighted by molar-refractivity contribution is 1.37. The van der Waals surface area contributed by atoms with Gasteiger partial charge in [-0.25, -0.2) is 4.99 Å². The van der Waals surface area contributed by atoms with Crippen LogP contribution in [0.15, 0.2) is 54.0 Å². The lowest BCUT2D eigenvalue weighted by atomic mass is 10.1. The molecule has 3 rings (SSSR count). The van der Waals surface area contributed by atoms with E-state index in [1.807, 2.05) is 30.3 Å². The van der Waals surface area contributed by atoms with E-state index < -0.39 is 0 Å². The van der Waals surface area contributed by atoms with Crippen molar-refractivity contribution in [2.75, 3.05) is 0 Å². The summed E-state index contributed by atoms with van der Waals surface area (Å²) in [5.74, 6) is 0. The third kappa shape index (κ3) is 1.08. The van der Waals surface area contributed by atoms with E-state index >= 15 is 0 Å². The van der Waals surface area contributed by atoms with Gasteiger partial charge in [-0.2, -0.15) is 0 Å². The van der Waals surface area contributed by atoms with Gasteiger partial charge in [0.2, 0.25) is 0 Å². The molecule has 1 aliphatic heterocycles. The SMILES string of the molecule is C=C=c1cccc2c1=Nc1ccccc1-2. The Morgan fingerprint density at radius 2 is 1.73 bits per heavy atom. The smallest absolute Gasteiger partial charge is 0.0865 e. The molecule has 0 fully saturated rings. The summed E-state index contributed by atoms with van der Waals surface area (Å²) in [7, 11) is 0. The molecule has 0 saturated carbocycles. The Balaban J connectivity index is 2.53. The summed E-state index contributed by atoms with van der Waals surface area (Å²) in [6, 6.07) is 14.3.